The molecule has 2 amide bonds. The Morgan fingerprint density at radius 1 is 1.23 bits per heavy atom. The summed E-state index contributed by atoms with van der Waals surface area (Å²) in [4.78, 5) is 31.7. The van der Waals surface area contributed by atoms with Gasteiger partial charge in [-0.25, -0.2) is 4.79 Å². The van der Waals surface area contributed by atoms with Gasteiger partial charge in [0.2, 0.25) is 17.8 Å². The molecule has 3 rings (SSSR count). The van der Waals surface area contributed by atoms with E-state index < -0.39 is 23.4 Å². The molecule has 7 nitrogen and oxygen atoms in total. The van der Waals surface area contributed by atoms with E-state index in [0.717, 1.165) is 17.0 Å². The zero-order chi connectivity index (χ0) is 23.0. The van der Waals surface area contributed by atoms with Gasteiger partial charge in [-0.2, -0.15) is 13.2 Å². The summed E-state index contributed by atoms with van der Waals surface area (Å²) in [6, 6.07) is 0.930. The summed E-state index contributed by atoms with van der Waals surface area (Å²) in [6.45, 7) is 5.83. The molecule has 1 fully saturated rings. The number of hydrogen-bond donors (Lipinski definition) is 1. The van der Waals surface area contributed by atoms with E-state index in [1.165, 1.54) is 7.11 Å². The van der Waals surface area contributed by atoms with Gasteiger partial charge in [-0.1, -0.05) is 0 Å². The Morgan fingerprint density at radius 3 is 2.55 bits per heavy atom. The third-order valence-corrected chi connectivity index (χ3v) is 5.54. The standard InChI is InChI=1S/C21H28F3N3O4/c1-20(2,3)31-19(29)25-16-6-5-13(10-16)18(28)26-8-7-17-14(11-26)9-15(21(22,23)24)12-27(17)30-4/h9,12-13,16H,5-8,10-11H2,1-4H3/p+1. The van der Waals surface area contributed by atoms with Crippen LogP contribution in [0.1, 0.15) is 56.9 Å². The summed E-state index contributed by atoms with van der Waals surface area (Å²) < 4.78 is 46.1. The summed E-state index contributed by atoms with van der Waals surface area (Å²) in [5, 5.41) is 2.80. The van der Waals surface area contributed by atoms with Crippen LogP contribution in [0.5, 0.6) is 0 Å². The fraction of sp³-hybridized carbons (Fsp3) is 0.667. The molecule has 2 unspecified atom stereocenters. The molecule has 0 bridgehead atoms. The van der Waals surface area contributed by atoms with Crippen LogP contribution in [0.15, 0.2) is 12.3 Å². The van der Waals surface area contributed by atoms with Gasteiger partial charge in [0.1, 0.15) is 18.3 Å². The maximum atomic E-state index is 13.2. The van der Waals surface area contributed by atoms with Crippen LogP contribution in [-0.2, 0) is 28.7 Å². The van der Waals surface area contributed by atoms with Crippen molar-refractivity contribution in [2.24, 2.45) is 5.92 Å². The first kappa shape index (κ1) is 23.1. The maximum absolute atomic E-state index is 13.2. The number of pyridine rings is 1. The van der Waals surface area contributed by atoms with E-state index in [-0.39, 0.29) is 24.4 Å². The predicted molar refractivity (Wildman–Crippen MR) is 104 cm³/mol. The van der Waals surface area contributed by atoms with Crippen LogP contribution in [0.4, 0.5) is 18.0 Å². The fourth-order valence-electron chi connectivity index (χ4n) is 4.16. The van der Waals surface area contributed by atoms with Crippen molar-refractivity contribution in [3.05, 3.63) is 29.1 Å². The summed E-state index contributed by atoms with van der Waals surface area (Å²) >= 11 is 0. The average Bonchev–Trinajstić information content (AvgIpc) is 3.11. The zero-order valence-electron chi connectivity index (χ0n) is 18.2. The smallest absolute Gasteiger partial charge is 0.422 e. The second-order valence-electron chi connectivity index (χ2n) is 9.07. The highest BCUT2D eigenvalue weighted by molar-refractivity contribution is 5.79. The topological polar surface area (TPSA) is 71.8 Å². The normalized spacial score (nSPS) is 21.5. The van der Waals surface area contributed by atoms with E-state index in [4.69, 9.17) is 9.57 Å². The monoisotopic (exact) mass is 444 g/mol. The molecule has 2 atom stereocenters. The van der Waals surface area contributed by atoms with Crippen LogP contribution < -0.4 is 14.9 Å². The number of carbonyl (C=O) groups is 2. The highest BCUT2D eigenvalue weighted by Gasteiger charge is 2.40. The second-order valence-corrected chi connectivity index (χ2v) is 9.07. The number of rotatable bonds is 3. The molecule has 0 spiro atoms. The quantitative estimate of drug-likeness (QED) is 0.728. The first-order chi connectivity index (χ1) is 14.4. The molecule has 10 heteroatoms. The van der Waals surface area contributed by atoms with E-state index in [9.17, 15) is 22.8 Å². The molecule has 172 valence electrons. The van der Waals surface area contributed by atoms with Gasteiger partial charge in [-0.15, -0.1) is 0 Å². The summed E-state index contributed by atoms with van der Waals surface area (Å²) in [6.07, 6.45) is -1.93. The number of alkyl carbamates (subject to hydrolysis) is 1. The molecule has 1 N–H and O–H groups in total. The van der Waals surface area contributed by atoms with Crippen molar-refractivity contribution in [2.75, 3.05) is 13.7 Å². The average molecular weight is 444 g/mol. The van der Waals surface area contributed by atoms with Crippen molar-refractivity contribution in [1.29, 1.82) is 0 Å². The minimum Gasteiger partial charge on any atom is -0.444 e. The molecular weight excluding hydrogens is 415 g/mol. The van der Waals surface area contributed by atoms with Gasteiger partial charge >= 0.3 is 12.3 Å². The number of nitrogens with zero attached hydrogens (tertiary/aromatic N) is 2. The first-order valence-electron chi connectivity index (χ1n) is 10.3. The lowest BCUT2D eigenvalue weighted by Gasteiger charge is -2.29. The Bertz CT molecular complexity index is 851. The zero-order valence-corrected chi connectivity index (χ0v) is 18.2. The molecule has 1 aliphatic carbocycles. The number of ether oxygens (including phenoxy) is 1. The van der Waals surface area contributed by atoms with Gasteiger partial charge in [0, 0.05) is 28.8 Å². The SMILES string of the molecule is CO[n+]1cc(C(F)(F)F)cc2c1CCN(C(=O)C1CCC(NC(=O)OC(C)(C)C)C1)C2. The lowest BCUT2D eigenvalue weighted by atomic mass is 10.00. The van der Waals surface area contributed by atoms with Crippen LogP contribution in [-0.4, -0.2) is 42.2 Å². The van der Waals surface area contributed by atoms with Gasteiger partial charge < -0.3 is 15.0 Å². The lowest BCUT2D eigenvalue weighted by Crippen LogP contribution is -2.50. The highest BCUT2D eigenvalue weighted by Crippen LogP contribution is 2.32. The first-order valence-corrected chi connectivity index (χ1v) is 10.3. The van der Waals surface area contributed by atoms with Crippen LogP contribution in [0.25, 0.3) is 0 Å². The van der Waals surface area contributed by atoms with Crippen molar-refractivity contribution in [3.63, 3.8) is 0 Å². The van der Waals surface area contributed by atoms with Gasteiger partial charge in [0.25, 0.3) is 0 Å². The number of nitrogens with one attached hydrogen (secondary N) is 1. The third kappa shape index (κ3) is 5.59. The van der Waals surface area contributed by atoms with Gasteiger partial charge in [-0.05, 0) is 46.1 Å². The number of amides is 2. The maximum Gasteiger partial charge on any atom is 0.422 e. The van der Waals surface area contributed by atoms with Crippen LogP contribution >= 0.6 is 0 Å². The number of halogens is 3. The minimum atomic E-state index is -4.51. The van der Waals surface area contributed by atoms with Crippen molar-refractivity contribution in [3.8, 4) is 0 Å². The molecule has 31 heavy (non-hydrogen) atoms. The van der Waals surface area contributed by atoms with E-state index in [0.29, 0.717) is 43.5 Å². The third-order valence-electron chi connectivity index (χ3n) is 5.54. The molecule has 0 aromatic carbocycles. The van der Waals surface area contributed by atoms with Gasteiger partial charge in [0.15, 0.2) is 0 Å². The van der Waals surface area contributed by atoms with Crippen LogP contribution in [0, 0.1) is 5.92 Å². The summed E-state index contributed by atoms with van der Waals surface area (Å²) in [7, 11) is 1.31. The van der Waals surface area contributed by atoms with Gasteiger partial charge in [-0.3, -0.25) is 9.63 Å². The number of hydrogen-bond acceptors (Lipinski definition) is 4. The number of aromatic nitrogens is 1. The number of fused-ring (bicyclic) bond motifs is 1. The summed E-state index contributed by atoms with van der Waals surface area (Å²) in [5.74, 6) is -0.373. The lowest BCUT2D eigenvalue weighted by molar-refractivity contribution is -0.891. The molecular formula is C21H29F3N3O4+. The Hall–Kier alpha value is -2.52. The Morgan fingerprint density at radius 2 is 1.94 bits per heavy atom. The van der Waals surface area contributed by atoms with Crippen molar-refractivity contribution in [2.45, 2.75) is 70.8 Å². The fourth-order valence-corrected chi connectivity index (χ4v) is 4.16. The molecule has 2 aliphatic rings. The molecule has 2 heterocycles. The van der Waals surface area contributed by atoms with E-state index >= 15 is 0 Å². The molecule has 1 saturated carbocycles. The molecule has 0 saturated heterocycles. The van der Waals surface area contributed by atoms with E-state index in [2.05, 4.69) is 5.32 Å². The van der Waals surface area contributed by atoms with Gasteiger partial charge in [0.05, 0.1) is 13.0 Å². The molecule has 0 radical (unpaired) electrons. The van der Waals surface area contributed by atoms with Crippen molar-refractivity contribution >= 4 is 12.0 Å². The number of alkyl halides is 3. The predicted octanol–water partition coefficient (Wildman–Crippen LogP) is 2.63. The van der Waals surface area contributed by atoms with E-state index in [1.807, 2.05) is 0 Å². The highest BCUT2D eigenvalue weighted by atomic mass is 19.4. The second kappa shape index (κ2) is 8.55. The molecule has 1 aliphatic heterocycles. The molecule has 1 aromatic rings. The molecule has 1 aromatic heterocycles. The summed E-state index contributed by atoms with van der Waals surface area (Å²) in [5.41, 5.74) is -0.356. The Balaban J connectivity index is 1.65. The minimum absolute atomic E-state index is 0.0967. The van der Waals surface area contributed by atoms with Crippen molar-refractivity contribution < 1.29 is 37.1 Å². The Kier molecular flexibility index (Phi) is 6.38. The largest absolute Gasteiger partial charge is 0.444 e. The van der Waals surface area contributed by atoms with Crippen LogP contribution in [0.2, 0.25) is 0 Å². The number of carbonyl (C=O) groups excluding carboxylic acids is 2. The van der Waals surface area contributed by atoms with Crippen molar-refractivity contribution in [1.82, 2.24) is 10.2 Å². The van der Waals surface area contributed by atoms with Crippen LogP contribution in [0.3, 0.4) is 0 Å². The Labute approximate surface area is 179 Å². The van der Waals surface area contributed by atoms with E-state index in [1.54, 1.807) is 25.7 Å².